The molecule has 0 spiro atoms. The van der Waals surface area contributed by atoms with E-state index in [1.54, 1.807) is 12.1 Å². The predicted molar refractivity (Wildman–Crippen MR) is 100 cm³/mol. The molecular formula is C18H18ClFN2O4S. The van der Waals surface area contributed by atoms with Crippen LogP contribution in [0.15, 0.2) is 47.4 Å². The third-order valence-electron chi connectivity index (χ3n) is 4.41. The molecule has 1 saturated heterocycles. The van der Waals surface area contributed by atoms with E-state index in [0.717, 1.165) is 5.69 Å². The van der Waals surface area contributed by atoms with Crippen molar-refractivity contribution in [2.24, 2.45) is 0 Å². The molecule has 0 N–H and O–H groups in total. The first kappa shape index (κ1) is 19.6. The molecule has 144 valence electrons. The first-order valence-electron chi connectivity index (χ1n) is 8.21. The molecule has 0 radical (unpaired) electrons. The summed E-state index contributed by atoms with van der Waals surface area (Å²) in [6.45, 7) is 1.50. The number of nitrogens with zero attached hydrogens (tertiary/aromatic N) is 2. The van der Waals surface area contributed by atoms with E-state index < -0.39 is 16.0 Å². The summed E-state index contributed by atoms with van der Waals surface area (Å²) in [5.41, 5.74) is 0.845. The van der Waals surface area contributed by atoms with E-state index in [-0.39, 0.29) is 34.4 Å². The molecule has 1 heterocycles. The Morgan fingerprint density at radius 2 is 1.70 bits per heavy atom. The van der Waals surface area contributed by atoms with Gasteiger partial charge in [0.15, 0.2) is 0 Å². The Balaban J connectivity index is 1.77. The number of hydrogen-bond acceptors (Lipinski definition) is 5. The highest BCUT2D eigenvalue weighted by atomic mass is 35.5. The zero-order valence-corrected chi connectivity index (χ0v) is 16.1. The van der Waals surface area contributed by atoms with Crippen LogP contribution in [-0.4, -0.2) is 52.0 Å². The van der Waals surface area contributed by atoms with Gasteiger partial charge >= 0.3 is 5.97 Å². The summed E-state index contributed by atoms with van der Waals surface area (Å²) < 4.78 is 44.9. The van der Waals surface area contributed by atoms with Crippen molar-refractivity contribution < 1.29 is 22.3 Å². The number of rotatable bonds is 4. The van der Waals surface area contributed by atoms with Gasteiger partial charge in [0.25, 0.3) is 0 Å². The summed E-state index contributed by atoms with van der Waals surface area (Å²) >= 11 is 5.96. The molecule has 0 atom stereocenters. The Morgan fingerprint density at radius 1 is 1.07 bits per heavy atom. The lowest BCUT2D eigenvalue weighted by Gasteiger charge is -2.35. The van der Waals surface area contributed by atoms with Crippen LogP contribution in [0.2, 0.25) is 5.02 Å². The molecule has 9 heteroatoms. The number of carbonyl (C=O) groups excluding carboxylic acids is 1. The highest BCUT2D eigenvalue weighted by Crippen LogP contribution is 2.25. The standard InChI is InChI=1S/C18H18ClFN2O4S/c1-26-18(23)16-12-15(6-7-17(16)19)27(24,25)22-10-8-21(9-11-22)14-4-2-13(20)3-5-14/h2-7,12H,8-11H2,1H3. The third-order valence-corrected chi connectivity index (χ3v) is 6.64. The Bertz CT molecular complexity index is 942. The quantitative estimate of drug-likeness (QED) is 0.722. The first-order valence-corrected chi connectivity index (χ1v) is 10.0. The lowest BCUT2D eigenvalue weighted by Crippen LogP contribution is -2.48. The van der Waals surface area contributed by atoms with E-state index in [0.29, 0.717) is 13.1 Å². The molecule has 0 unspecified atom stereocenters. The van der Waals surface area contributed by atoms with E-state index in [1.807, 2.05) is 4.90 Å². The van der Waals surface area contributed by atoms with Crippen molar-refractivity contribution >= 4 is 33.3 Å². The molecule has 6 nitrogen and oxygen atoms in total. The maximum absolute atomic E-state index is 13.1. The lowest BCUT2D eigenvalue weighted by atomic mass is 10.2. The molecule has 2 aromatic rings. The molecule has 2 aromatic carbocycles. The Morgan fingerprint density at radius 3 is 2.30 bits per heavy atom. The van der Waals surface area contributed by atoms with Gasteiger partial charge in [0, 0.05) is 31.9 Å². The highest BCUT2D eigenvalue weighted by Gasteiger charge is 2.29. The van der Waals surface area contributed by atoms with Crippen molar-refractivity contribution in [3.8, 4) is 0 Å². The van der Waals surface area contributed by atoms with Crippen LogP contribution in [-0.2, 0) is 14.8 Å². The van der Waals surface area contributed by atoms with E-state index in [9.17, 15) is 17.6 Å². The average Bonchev–Trinajstić information content (AvgIpc) is 2.68. The van der Waals surface area contributed by atoms with Crippen molar-refractivity contribution in [3.05, 3.63) is 58.9 Å². The predicted octanol–water partition coefficient (Wildman–Crippen LogP) is 2.78. The summed E-state index contributed by atoms with van der Waals surface area (Å²) in [6.07, 6.45) is 0. The SMILES string of the molecule is COC(=O)c1cc(S(=O)(=O)N2CCN(c3ccc(F)cc3)CC2)ccc1Cl. The molecule has 0 aliphatic carbocycles. The van der Waals surface area contributed by atoms with Gasteiger partial charge in [-0.1, -0.05) is 11.6 Å². The first-order chi connectivity index (χ1) is 12.8. The fourth-order valence-electron chi connectivity index (χ4n) is 2.92. The lowest BCUT2D eigenvalue weighted by molar-refractivity contribution is 0.0600. The largest absolute Gasteiger partial charge is 0.465 e. The van der Waals surface area contributed by atoms with Gasteiger partial charge in [0.1, 0.15) is 5.82 Å². The normalized spacial score (nSPS) is 15.6. The van der Waals surface area contributed by atoms with Crippen LogP contribution in [0.5, 0.6) is 0 Å². The van der Waals surface area contributed by atoms with Crippen LogP contribution in [0.3, 0.4) is 0 Å². The van der Waals surface area contributed by atoms with Crippen LogP contribution in [0, 0.1) is 5.82 Å². The van der Waals surface area contributed by atoms with Gasteiger partial charge in [-0.3, -0.25) is 0 Å². The number of methoxy groups -OCH3 is 1. The number of halogens is 2. The molecule has 0 saturated carbocycles. The summed E-state index contributed by atoms with van der Waals surface area (Å²) in [5.74, 6) is -1.01. The minimum absolute atomic E-state index is 0.00481. The number of ether oxygens (including phenoxy) is 1. The topological polar surface area (TPSA) is 66.9 Å². The average molecular weight is 413 g/mol. The number of hydrogen-bond donors (Lipinski definition) is 0. The summed E-state index contributed by atoms with van der Waals surface area (Å²) in [4.78, 5) is 13.7. The number of piperazine rings is 1. The number of sulfonamides is 1. The molecule has 0 aromatic heterocycles. The minimum Gasteiger partial charge on any atom is -0.465 e. The molecule has 1 aliphatic rings. The highest BCUT2D eigenvalue weighted by molar-refractivity contribution is 7.89. The number of esters is 1. The van der Waals surface area contributed by atoms with Gasteiger partial charge in [0.2, 0.25) is 10.0 Å². The van der Waals surface area contributed by atoms with Crippen LogP contribution in [0.25, 0.3) is 0 Å². The van der Waals surface area contributed by atoms with E-state index in [2.05, 4.69) is 4.74 Å². The van der Waals surface area contributed by atoms with Crippen LogP contribution < -0.4 is 4.90 Å². The Hall–Kier alpha value is -2.16. The third kappa shape index (κ3) is 4.07. The van der Waals surface area contributed by atoms with Crippen LogP contribution in [0.4, 0.5) is 10.1 Å². The molecule has 1 aliphatic heterocycles. The summed E-state index contributed by atoms with van der Waals surface area (Å²) in [5, 5.41) is 0.127. The zero-order valence-electron chi connectivity index (χ0n) is 14.6. The van der Waals surface area contributed by atoms with E-state index >= 15 is 0 Å². The molecule has 3 rings (SSSR count). The van der Waals surface area contributed by atoms with Gasteiger partial charge in [-0.05, 0) is 42.5 Å². The fourth-order valence-corrected chi connectivity index (χ4v) is 4.56. The van der Waals surface area contributed by atoms with Gasteiger partial charge in [-0.2, -0.15) is 4.31 Å². The Kier molecular flexibility index (Phi) is 5.69. The van der Waals surface area contributed by atoms with Crippen molar-refractivity contribution in [1.82, 2.24) is 4.31 Å². The second-order valence-electron chi connectivity index (χ2n) is 6.00. The molecular weight excluding hydrogens is 395 g/mol. The molecule has 0 amide bonds. The molecule has 1 fully saturated rings. The van der Waals surface area contributed by atoms with Crippen molar-refractivity contribution in [2.45, 2.75) is 4.90 Å². The summed E-state index contributed by atoms with van der Waals surface area (Å²) in [6, 6.07) is 10.1. The molecule has 0 bridgehead atoms. The van der Waals surface area contributed by atoms with E-state index in [1.165, 1.54) is 41.7 Å². The van der Waals surface area contributed by atoms with Crippen molar-refractivity contribution in [1.29, 1.82) is 0 Å². The zero-order chi connectivity index (χ0) is 19.6. The smallest absolute Gasteiger partial charge is 0.339 e. The van der Waals surface area contributed by atoms with Gasteiger partial charge in [-0.15, -0.1) is 0 Å². The van der Waals surface area contributed by atoms with Crippen LogP contribution in [0.1, 0.15) is 10.4 Å². The number of carbonyl (C=O) groups is 1. The summed E-state index contributed by atoms with van der Waals surface area (Å²) in [7, 11) is -2.57. The minimum atomic E-state index is -3.78. The van der Waals surface area contributed by atoms with Crippen molar-refractivity contribution in [2.75, 3.05) is 38.2 Å². The van der Waals surface area contributed by atoms with Gasteiger partial charge < -0.3 is 9.64 Å². The second-order valence-corrected chi connectivity index (χ2v) is 8.35. The van der Waals surface area contributed by atoms with Crippen molar-refractivity contribution in [3.63, 3.8) is 0 Å². The number of anilines is 1. The van der Waals surface area contributed by atoms with Gasteiger partial charge in [-0.25, -0.2) is 17.6 Å². The number of benzene rings is 2. The second kappa shape index (κ2) is 7.84. The maximum Gasteiger partial charge on any atom is 0.339 e. The monoisotopic (exact) mass is 412 g/mol. The van der Waals surface area contributed by atoms with E-state index in [4.69, 9.17) is 11.6 Å². The maximum atomic E-state index is 13.1. The Labute approximate surface area is 162 Å². The van der Waals surface area contributed by atoms with Crippen LogP contribution >= 0.6 is 11.6 Å². The fraction of sp³-hybridized carbons (Fsp3) is 0.278. The van der Waals surface area contributed by atoms with Gasteiger partial charge in [0.05, 0.1) is 22.6 Å². The molecule has 27 heavy (non-hydrogen) atoms.